The van der Waals surface area contributed by atoms with E-state index in [0.717, 1.165) is 24.8 Å². The summed E-state index contributed by atoms with van der Waals surface area (Å²) < 4.78 is 0. The Labute approximate surface area is 108 Å². The van der Waals surface area contributed by atoms with Crippen LogP contribution in [0.2, 0.25) is 0 Å². The number of amides is 1. The smallest absolute Gasteiger partial charge is 0.223 e. The van der Waals surface area contributed by atoms with Crippen LogP contribution in [0.3, 0.4) is 0 Å². The molecule has 1 saturated carbocycles. The highest BCUT2D eigenvalue weighted by atomic mass is 35.5. The summed E-state index contributed by atoms with van der Waals surface area (Å²) in [5, 5.41) is 2.97. The maximum atomic E-state index is 11.8. The van der Waals surface area contributed by atoms with Crippen LogP contribution in [0, 0.1) is 5.92 Å². The second kappa shape index (κ2) is 6.62. The second-order valence-corrected chi connectivity index (χ2v) is 4.47. The van der Waals surface area contributed by atoms with Gasteiger partial charge in [-0.1, -0.05) is 30.3 Å². The molecular formula is C13H19ClN2O. The number of nitrogens with two attached hydrogens (primary N) is 1. The summed E-state index contributed by atoms with van der Waals surface area (Å²) >= 11 is 0. The molecule has 1 aliphatic carbocycles. The number of benzene rings is 1. The fraction of sp³-hybridized carbons (Fsp3) is 0.462. The fourth-order valence-electron chi connectivity index (χ4n) is 2.18. The molecule has 3 nitrogen and oxygen atoms in total. The zero-order valence-electron chi connectivity index (χ0n) is 9.76. The maximum Gasteiger partial charge on any atom is 0.223 e. The van der Waals surface area contributed by atoms with E-state index in [2.05, 4.69) is 5.32 Å². The molecule has 1 fully saturated rings. The van der Waals surface area contributed by atoms with Gasteiger partial charge in [-0.05, 0) is 24.8 Å². The first kappa shape index (κ1) is 14.0. The van der Waals surface area contributed by atoms with E-state index in [1.54, 1.807) is 0 Å². The number of carbonyl (C=O) groups excluding carboxylic acids is 1. The van der Waals surface area contributed by atoms with Gasteiger partial charge < -0.3 is 11.1 Å². The van der Waals surface area contributed by atoms with Gasteiger partial charge in [0.05, 0.1) is 0 Å². The third kappa shape index (κ3) is 4.02. The molecule has 0 aliphatic heterocycles. The molecule has 2 rings (SSSR count). The van der Waals surface area contributed by atoms with Gasteiger partial charge in [-0.25, -0.2) is 0 Å². The van der Waals surface area contributed by atoms with Gasteiger partial charge in [0.15, 0.2) is 0 Å². The van der Waals surface area contributed by atoms with E-state index >= 15 is 0 Å². The Morgan fingerprint density at radius 1 is 1.29 bits per heavy atom. The van der Waals surface area contributed by atoms with Crippen molar-refractivity contribution in [3.05, 3.63) is 35.9 Å². The van der Waals surface area contributed by atoms with Crippen LogP contribution in [0.5, 0.6) is 0 Å². The molecule has 4 heteroatoms. The summed E-state index contributed by atoms with van der Waals surface area (Å²) in [6, 6.07) is 10.2. The van der Waals surface area contributed by atoms with Gasteiger partial charge in [-0.15, -0.1) is 12.4 Å². The monoisotopic (exact) mass is 254 g/mol. The molecule has 2 unspecified atom stereocenters. The summed E-state index contributed by atoms with van der Waals surface area (Å²) in [5.74, 6) is 0.274. The molecule has 3 N–H and O–H groups in total. The standard InChI is InChI=1S/C13H18N2O.ClH/c14-12-7-6-11(8-12)13(16)15-9-10-4-2-1-3-5-10;/h1-5,11-12H,6-9,14H2,(H,15,16);1H. The van der Waals surface area contributed by atoms with Gasteiger partial charge in [-0.2, -0.15) is 0 Å². The minimum atomic E-state index is 0. The number of hydrogen-bond donors (Lipinski definition) is 2. The first-order valence-corrected chi connectivity index (χ1v) is 5.83. The zero-order chi connectivity index (χ0) is 11.4. The molecule has 0 spiro atoms. The molecule has 1 aliphatic rings. The Balaban J connectivity index is 0.00000144. The lowest BCUT2D eigenvalue weighted by Crippen LogP contribution is -2.29. The molecule has 0 aromatic heterocycles. The summed E-state index contributed by atoms with van der Waals surface area (Å²) in [4.78, 5) is 11.8. The Morgan fingerprint density at radius 3 is 2.59 bits per heavy atom. The third-order valence-electron chi connectivity index (χ3n) is 3.15. The molecular weight excluding hydrogens is 236 g/mol. The predicted molar refractivity (Wildman–Crippen MR) is 70.9 cm³/mol. The fourth-order valence-corrected chi connectivity index (χ4v) is 2.18. The van der Waals surface area contributed by atoms with Crippen molar-refractivity contribution in [1.29, 1.82) is 0 Å². The Morgan fingerprint density at radius 2 is 2.00 bits per heavy atom. The van der Waals surface area contributed by atoms with E-state index in [4.69, 9.17) is 5.73 Å². The first-order valence-electron chi connectivity index (χ1n) is 5.83. The Hall–Kier alpha value is -1.06. The van der Waals surface area contributed by atoms with Crippen LogP contribution < -0.4 is 11.1 Å². The van der Waals surface area contributed by atoms with Crippen molar-refractivity contribution in [3.8, 4) is 0 Å². The average molecular weight is 255 g/mol. The lowest BCUT2D eigenvalue weighted by atomic mass is 10.1. The molecule has 0 heterocycles. The second-order valence-electron chi connectivity index (χ2n) is 4.47. The van der Waals surface area contributed by atoms with Gasteiger partial charge in [0.25, 0.3) is 0 Å². The van der Waals surface area contributed by atoms with Crippen LogP contribution in [0.1, 0.15) is 24.8 Å². The van der Waals surface area contributed by atoms with E-state index in [0.29, 0.717) is 6.54 Å². The summed E-state index contributed by atoms with van der Waals surface area (Å²) in [6.07, 6.45) is 2.74. The Kier molecular flexibility index (Phi) is 5.45. The normalized spacial score (nSPS) is 22.9. The summed E-state index contributed by atoms with van der Waals surface area (Å²) in [6.45, 7) is 0.616. The van der Waals surface area contributed by atoms with E-state index in [9.17, 15) is 4.79 Å². The van der Waals surface area contributed by atoms with E-state index < -0.39 is 0 Å². The minimum Gasteiger partial charge on any atom is -0.352 e. The van der Waals surface area contributed by atoms with Crippen LogP contribution in [0.15, 0.2) is 30.3 Å². The van der Waals surface area contributed by atoms with Gasteiger partial charge in [-0.3, -0.25) is 4.79 Å². The maximum absolute atomic E-state index is 11.8. The summed E-state index contributed by atoms with van der Waals surface area (Å²) in [5.41, 5.74) is 6.93. The van der Waals surface area contributed by atoms with Crippen molar-refractivity contribution < 1.29 is 4.79 Å². The van der Waals surface area contributed by atoms with Crippen molar-refractivity contribution in [2.24, 2.45) is 11.7 Å². The van der Waals surface area contributed by atoms with Crippen LogP contribution in [-0.2, 0) is 11.3 Å². The highest BCUT2D eigenvalue weighted by Gasteiger charge is 2.27. The van der Waals surface area contributed by atoms with Crippen LogP contribution in [0.4, 0.5) is 0 Å². The van der Waals surface area contributed by atoms with E-state index in [1.807, 2.05) is 30.3 Å². The molecule has 17 heavy (non-hydrogen) atoms. The van der Waals surface area contributed by atoms with Crippen molar-refractivity contribution >= 4 is 18.3 Å². The average Bonchev–Trinajstić information content (AvgIpc) is 2.74. The topological polar surface area (TPSA) is 55.1 Å². The summed E-state index contributed by atoms with van der Waals surface area (Å²) in [7, 11) is 0. The number of hydrogen-bond acceptors (Lipinski definition) is 2. The minimum absolute atomic E-state index is 0. The largest absolute Gasteiger partial charge is 0.352 e. The zero-order valence-corrected chi connectivity index (χ0v) is 10.6. The molecule has 0 saturated heterocycles. The van der Waals surface area contributed by atoms with Crippen LogP contribution in [0.25, 0.3) is 0 Å². The highest BCUT2D eigenvalue weighted by Crippen LogP contribution is 2.24. The molecule has 1 aromatic carbocycles. The van der Waals surface area contributed by atoms with E-state index in [-0.39, 0.29) is 30.3 Å². The molecule has 1 amide bonds. The van der Waals surface area contributed by atoms with Gasteiger partial charge in [0.1, 0.15) is 0 Å². The highest BCUT2D eigenvalue weighted by molar-refractivity contribution is 5.85. The SMILES string of the molecule is Cl.NC1CCC(C(=O)NCc2ccccc2)C1. The van der Waals surface area contributed by atoms with Gasteiger partial charge in [0.2, 0.25) is 5.91 Å². The van der Waals surface area contributed by atoms with Crippen molar-refractivity contribution in [2.75, 3.05) is 0 Å². The van der Waals surface area contributed by atoms with Crippen LogP contribution in [-0.4, -0.2) is 11.9 Å². The molecule has 94 valence electrons. The van der Waals surface area contributed by atoms with Gasteiger partial charge in [0, 0.05) is 18.5 Å². The number of halogens is 1. The molecule has 2 atom stereocenters. The molecule has 1 aromatic rings. The predicted octanol–water partition coefficient (Wildman–Crippen LogP) is 1.85. The number of rotatable bonds is 3. The van der Waals surface area contributed by atoms with Crippen molar-refractivity contribution in [1.82, 2.24) is 5.32 Å². The number of carbonyl (C=O) groups is 1. The molecule has 0 bridgehead atoms. The van der Waals surface area contributed by atoms with Gasteiger partial charge >= 0.3 is 0 Å². The van der Waals surface area contributed by atoms with Crippen molar-refractivity contribution in [3.63, 3.8) is 0 Å². The quantitative estimate of drug-likeness (QED) is 0.865. The van der Waals surface area contributed by atoms with E-state index in [1.165, 1.54) is 0 Å². The number of nitrogens with one attached hydrogen (secondary N) is 1. The molecule has 0 radical (unpaired) electrons. The third-order valence-corrected chi connectivity index (χ3v) is 3.15. The first-order chi connectivity index (χ1) is 7.75. The van der Waals surface area contributed by atoms with Crippen LogP contribution >= 0.6 is 12.4 Å². The lowest BCUT2D eigenvalue weighted by Gasteiger charge is -2.10. The Bertz CT molecular complexity index is 356. The van der Waals surface area contributed by atoms with Crippen molar-refractivity contribution in [2.45, 2.75) is 31.8 Å². The lowest BCUT2D eigenvalue weighted by molar-refractivity contribution is -0.125.